The van der Waals surface area contributed by atoms with Crippen molar-refractivity contribution in [1.29, 1.82) is 0 Å². The number of rotatable bonds is 4. The molecule has 0 bridgehead atoms. The first-order valence-electron chi connectivity index (χ1n) is 7.64. The maximum absolute atomic E-state index is 9.95. The number of hydrogen-bond acceptors (Lipinski definition) is 4. The Kier molecular flexibility index (Phi) is 4.49. The Bertz CT molecular complexity index is 622. The third kappa shape index (κ3) is 3.34. The molecule has 2 aromatic carbocycles. The summed E-state index contributed by atoms with van der Waals surface area (Å²) in [7, 11) is 1.70. The summed E-state index contributed by atoms with van der Waals surface area (Å²) in [5.41, 5.74) is 2.21. The van der Waals surface area contributed by atoms with Crippen molar-refractivity contribution in [2.45, 2.75) is 6.54 Å². The maximum atomic E-state index is 9.95. The fraction of sp³-hybridized carbons (Fsp3) is 0.333. The number of para-hydroxylation sites is 2. The van der Waals surface area contributed by atoms with Gasteiger partial charge in [0.1, 0.15) is 11.5 Å². The lowest BCUT2D eigenvalue weighted by Crippen LogP contribution is -2.45. The van der Waals surface area contributed by atoms with Crippen LogP contribution in [0.4, 0.5) is 5.69 Å². The zero-order valence-corrected chi connectivity index (χ0v) is 12.9. The third-order valence-corrected chi connectivity index (χ3v) is 4.14. The number of ether oxygens (including phenoxy) is 1. The fourth-order valence-corrected chi connectivity index (χ4v) is 2.91. The summed E-state index contributed by atoms with van der Waals surface area (Å²) in [6.07, 6.45) is 0. The van der Waals surface area contributed by atoms with Gasteiger partial charge < -0.3 is 14.7 Å². The van der Waals surface area contributed by atoms with E-state index in [2.05, 4.69) is 21.9 Å². The second-order valence-electron chi connectivity index (χ2n) is 5.60. The predicted molar refractivity (Wildman–Crippen MR) is 88.6 cm³/mol. The highest BCUT2D eigenvalue weighted by molar-refractivity contribution is 5.57. The van der Waals surface area contributed by atoms with Crippen LogP contribution in [0.25, 0.3) is 0 Å². The molecule has 0 atom stereocenters. The number of methoxy groups -OCH3 is 1. The highest BCUT2D eigenvalue weighted by atomic mass is 16.5. The summed E-state index contributed by atoms with van der Waals surface area (Å²) in [6.45, 7) is 4.78. The van der Waals surface area contributed by atoms with Crippen molar-refractivity contribution in [1.82, 2.24) is 4.90 Å². The topological polar surface area (TPSA) is 35.9 Å². The highest BCUT2D eigenvalue weighted by Gasteiger charge is 2.19. The van der Waals surface area contributed by atoms with Crippen molar-refractivity contribution in [2.75, 3.05) is 38.2 Å². The van der Waals surface area contributed by atoms with Crippen LogP contribution < -0.4 is 9.64 Å². The van der Waals surface area contributed by atoms with Crippen molar-refractivity contribution in [2.24, 2.45) is 0 Å². The van der Waals surface area contributed by atoms with Crippen LogP contribution in [0.15, 0.2) is 48.5 Å². The number of aromatic hydroxyl groups is 1. The van der Waals surface area contributed by atoms with Crippen LogP contribution in [0.5, 0.6) is 11.5 Å². The van der Waals surface area contributed by atoms with E-state index in [9.17, 15) is 5.11 Å². The number of phenols is 1. The number of piperazine rings is 1. The van der Waals surface area contributed by atoms with Gasteiger partial charge in [0.15, 0.2) is 0 Å². The van der Waals surface area contributed by atoms with E-state index in [1.54, 1.807) is 13.2 Å². The second kappa shape index (κ2) is 6.71. The number of phenolic OH excluding ortho intramolecular Hbond substituents is 1. The molecule has 1 aliphatic heterocycles. The zero-order chi connectivity index (χ0) is 15.4. The van der Waals surface area contributed by atoms with Crippen molar-refractivity contribution in [3.8, 4) is 11.5 Å². The minimum absolute atomic E-state index is 0.365. The molecule has 116 valence electrons. The minimum atomic E-state index is 0.365. The molecule has 0 radical (unpaired) electrons. The van der Waals surface area contributed by atoms with Crippen molar-refractivity contribution in [3.63, 3.8) is 0 Å². The molecular formula is C18H22N2O2. The second-order valence-corrected chi connectivity index (χ2v) is 5.60. The average Bonchev–Trinajstić information content (AvgIpc) is 2.56. The van der Waals surface area contributed by atoms with Crippen LogP contribution in [0.1, 0.15) is 5.56 Å². The van der Waals surface area contributed by atoms with Gasteiger partial charge in [0.05, 0.1) is 12.8 Å². The minimum Gasteiger partial charge on any atom is -0.506 e. The monoisotopic (exact) mass is 298 g/mol. The molecule has 0 saturated carbocycles. The lowest BCUT2D eigenvalue weighted by molar-refractivity contribution is 0.249. The van der Waals surface area contributed by atoms with E-state index in [0.717, 1.165) is 44.2 Å². The first kappa shape index (κ1) is 14.7. The largest absolute Gasteiger partial charge is 0.506 e. The van der Waals surface area contributed by atoms with Gasteiger partial charge >= 0.3 is 0 Å². The number of nitrogens with zero attached hydrogens (tertiary/aromatic N) is 2. The van der Waals surface area contributed by atoms with Crippen LogP contribution in [0.3, 0.4) is 0 Å². The molecule has 4 nitrogen and oxygen atoms in total. The van der Waals surface area contributed by atoms with E-state index in [1.165, 1.54) is 5.56 Å². The van der Waals surface area contributed by atoms with Crippen LogP contribution in [-0.4, -0.2) is 43.3 Å². The summed E-state index contributed by atoms with van der Waals surface area (Å²) in [4.78, 5) is 4.68. The van der Waals surface area contributed by atoms with Gasteiger partial charge in [-0.2, -0.15) is 0 Å². The fourth-order valence-electron chi connectivity index (χ4n) is 2.91. The van der Waals surface area contributed by atoms with E-state index in [1.807, 2.05) is 30.3 Å². The zero-order valence-electron chi connectivity index (χ0n) is 12.9. The Hall–Kier alpha value is -2.20. The van der Waals surface area contributed by atoms with Gasteiger partial charge in [0.25, 0.3) is 0 Å². The summed E-state index contributed by atoms with van der Waals surface area (Å²) >= 11 is 0. The van der Waals surface area contributed by atoms with Gasteiger partial charge in [-0.25, -0.2) is 0 Å². The molecule has 1 fully saturated rings. The van der Waals surface area contributed by atoms with Crippen molar-refractivity contribution in [3.05, 3.63) is 54.1 Å². The summed E-state index contributed by atoms with van der Waals surface area (Å²) in [5.74, 6) is 1.27. The molecular weight excluding hydrogens is 276 g/mol. The molecule has 4 heteroatoms. The van der Waals surface area contributed by atoms with E-state index in [0.29, 0.717) is 5.75 Å². The Labute approximate surface area is 131 Å². The van der Waals surface area contributed by atoms with E-state index in [4.69, 9.17) is 4.74 Å². The molecule has 1 N–H and O–H groups in total. The molecule has 0 amide bonds. The summed E-state index contributed by atoms with van der Waals surface area (Å²) in [5, 5.41) is 9.95. The van der Waals surface area contributed by atoms with E-state index in [-0.39, 0.29) is 0 Å². The molecule has 2 aromatic rings. The molecule has 3 rings (SSSR count). The van der Waals surface area contributed by atoms with Gasteiger partial charge in [0, 0.05) is 32.7 Å². The Morgan fingerprint density at radius 3 is 2.50 bits per heavy atom. The molecule has 0 unspecified atom stereocenters. The van der Waals surface area contributed by atoms with Crippen molar-refractivity contribution < 1.29 is 9.84 Å². The number of hydrogen-bond donors (Lipinski definition) is 1. The normalized spacial score (nSPS) is 15.8. The SMILES string of the molecule is COc1cccc(CN2CCN(c3ccccc3O)CC2)c1. The van der Waals surface area contributed by atoms with Crippen LogP contribution >= 0.6 is 0 Å². The predicted octanol–water partition coefficient (Wildman–Crippen LogP) is 2.72. The highest BCUT2D eigenvalue weighted by Crippen LogP contribution is 2.27. The standard InChI is InChI=1S/C18H22N2O2/c1-22-16-6-4-5-15(13-16)14-19-9-11-20(12-10-19)17-7-2-3-8-18(17)21/h2-8,13,21H,9-12,14H2,1H3. The van der Waals surface area contributed by atoms with Gasteiger partial charge in [0.2, 0.25) is 0 Å². The van der Waals surface area contributed by atoms with E-state index < -0.39 is 0 Å². The van der Waals surface area contributed by atoms with E-state index >= 15 is 0 Å². The van der Waals surface area contributed by atoms with Gasteiger partial charge in [-0.15, -0.1) is 0 Å². The third-order valence-electron chi connectivity index (χ3n) is 4.14. The Morgan fingerprint density at radius 1 is 1.00 bits per heavy atom. The maximum Gasteiger partial charge on any atom is 0.138 e. The van der Waals surface area contributed by atoms with Gasteiger partial charge in [-0.05, 0) is 29.8 Å². The van der Waals surface area contributed by atoms with Gasteiger partial charge in [-0.3, -0.25) is 4.90 Å². The van der Waals surface area contributed by atoms with Gasteiger partial charge in [-0.1, -0.05) is 24.3 Å². The average molecular weight is 298 g/mol. The van der Waals surface area contributed by atoms with Crippen molar-refractivity contribution >= 4 is 5.69 Å². The lowest BCUT2D eigenvalue weighted by Gasteiger charge is -2.36. The Balaban J connectivity index is 1.59. The van der Waals surface area contributed by atoms with Crippen LogP contribution in [0.2, 0.25) is 0 Å². The molecule has 0 spiro atoms. The quantitative estimate of drug-likeness (QED) is 0.941. The summed E-state index contributed by atoms with van der Waals surface area (Å²) < 4.78 is 5.28. The first-order chi connectivity index (χ1) is 10.8. The van der Waals surface area contributed by atoms with Crippen LogP contribution in [0, 0.1) is 0 Å². The van der Waals surface area contributed by atoms with Crippen LogP contribution in [-0.2, 0) is 6.54 Å². The lowest BCUT2D eigenvalue weighted by atomic mass is 10.1. The molecule has 0 aromatic heterocycles. The summed E-state index contributed by atoms with van der Waals surface area (Å²) in [6, 6.07) is 15.8. The molecule has 22 heavy (non-hydrogen) atoms. The molecule has 1 saturated heterocycles. The smallest absolute Gasteiger partial charge is 0.138 e. The number of anilines is 1. The first-order valence-corrected chi connectivity index (χ1v) is 7.64. The molecule has 0 aliphatic carbocycles. The number of benzene rings is 2. The molecule has 1 aliphatic rings. The molecule has 1 heterocycles. The Morgan fingerprint density at radius 2 is 1.77 bits per heavy atom.